The lowest BCUT2D eigenvalue weighted by Crippen LogP contribution is -2.59. The summed E-state index contributed by atoms with van der Waals surface area (Å²) in [6.45, 7) is 5.63. The number of ether oxygens (including phenoxy) is 10. The fourth-order valence-electron chi connectivity index (χ4n) is 16.0. The van der Waals surface area contributed by atoms with Crippen molar-refractivity contribution in [2.45, 2.75) is 343 Å². The van der Waals surface area contributed by atoms with E-state index in [0.29, 0.717) is 133 Å². The molecule has 0 radical (unpaired) electrons. The van der Waals surface area contributed by atoms with Gasteiger partial charge in [0.05, 0.1) is 132 Å². The monoisotopic (exact) mass is 1880 g/mol. The molecule has 1 aromatic rings. The molecule has 0 aliphatic carbocycles. The van der Waals surface area contributed by atoms with Crippen LogP contribution in [0.25, 0.3) is 0 Å². The molecule has 5 saturated heterocycles. The third-order valence-corrected chi connectivity index (χ3v) is 27.0. The third-order valence-electron chi connectivity index (χ3n) is 24.2. The Morgan fingerprint density at radius 2 is 0.938 bits per heavy atom. The maximum absolute atomic E-state index is 14.6. The standard InChI is InChI=1S/C86H144N6O35P2/c1-53(2)128(111,112)121-48-71-67(40-66(123-71)65-42-88-75-57(6)89-52-90-76(65)75)127-129(113,114)122-47-58-39-64(101)43-92(58)74(104)41-73(103)91-86(49-115-36-29-62(99)23-11-7-9-21-59(96)26-14-18-33-118-83-54(3)77(105)80(108)68(44-93)124-83,50-116-37-30-63(100)24-12-8-10-22-60(97)27-15-19-34-119-84-55(4)78(106)81(109)69(45-94)125-84)51-117-38-31-72(102)87-32-17-13-25-61(98)28-16-20-35-120-85-56(5)79(107)82(110)70(46-95)126-85/h42,52-56,58,64-71,77-85,93-95,101,105-110H,7-41,43-51H2,1-6H3,(H,87,102)(H,91,103)(H,111,112)(H,113,114)/t54?,55?,56?,58-,64+,65?,66-,67+,68?,69?,70?,71-,77-,78-,79-,80+,81+,82+,83-,84-,85-,86?/m1/s1. The highest BCUT2D eigenvalue weighted by Gasteiger charge is 2.50. The number of aryl methyl sites for hydroxylation is 1. The molecule has 23 atom stereocenters. The van der Waals surface area contributed by atoms with E-state index in [4.69, 9.17) is 60.9 Å². The highest BCUT2D eigenvalue weighted by atomic mass is 31.2. The zero-order valence-corrected chi connectivity index (χ0v) is 77.2. The first kappa shape index (κ1) is 111. The third kappa shape index (κ3) is 37.2. The SMILES string of the molecule is Cc1ncnc2c1N=CC2[C@H]1C[C@H](OP(=O)(O)OC[C@H]2C[C@H](O)CN2C(=O)CC(=O)NC(COCCC(=O)CCCCCC(=O)CCCCO[C@@H]2OC(CO)[C@H](O)[C@H](O)C2C)(COCCC(=O)CCCCCC(=O)CCCCO[C@@H]2OC(CO)[C@H](O)[C@H](O)C2C)COCCC(=O)NCCCCC(=O)CCCCO[C@@H]2OC(CO)[C@H](O)[C@H](O)C2C)[C@@H](COP(=O)(O)C(C)C)O1. The number of rotatable bonds is 66. The maximum Gasteiger partial charge on any atom is 0.472 e. The van der Waals surface area contributed by atoms with Gasteiger partial charge < -0.3 is 128 Å². The summed E-state index contributed by atoms with van der Waals surface area (Å²) in [6.07, 6.45) is -6.53. The molecule has 43 heteroatoms. The van der Waals surface area contributed by atoms with E-state index in [1.54, 1.807) is 33.9 Å². The van der Waals surface area contributed by atoms with Gasteiger partial charge in [-0.25, -0.2) is 14.5 Å². The molecule has 41 nitrogen and oxygen atoms in total. The van der Waals surface area contributed by atoms with Crippen molar-refractivity contribution in [2.24, 2.45) is 22.7 Å². The van der Waals surface area contributed by atoms with Crippen LogP contribution in [0.5, 0.6) is 0 Å². The number of fused-ring (bicyclic) bond motifs is 1. The maximum atomic E-state index is 14.6. The van der Waals surface area contributed by atoms with Gasteiger partial charge in [-0.2, -0.15) is 0 Å². The number of aromatic nitrogens is 2. The molecule has 6 aliphatic heterocycles. The summed E-state index contributed by atoms with van der Waals surface area (Å²) < 4.78 is 103. The van der Waals surface area contributed by atoms with Crippen molar-refractivity contribution < 1.29 is 169 Å². The van der Waals surface area contributed by atoms with Crippen LogP contribution in [0.2, 0.25) is 0 Å². The molecular weight excluding hydrogens is 1740 g/mol. The number of amides is 3. The number of Topliss-reactive ketones (excluding diaryl/α,β-unsaturated/α-hetero) is 5. The van der Waals surface area contributed by atoms with Crippen molar-refractivity contribution in [3.05, 3.63) is 17.7 Å². The minimum absolute atomic E-state index is 0.00774. The number of nitrogens with zero attached hydrogens (tertiary/aromatic N) is 4. The van der Waals surface area contributed by atoms with E-state index in [-0.39, 0.29) is 139 Å². The van der Waals surface area contributed by atoms with Crippen LogP contribution >= 0.6 is 15.4 Å². The summed E-state index contributed by atoms with van der Waals surface area (Å²) in [5.41, 5.74) is -0.897. The van der Waals surface area contributed by atoms with E-state index in [0.717, 1.165) is 4.90 Å². The molecule has 1 aromatic heterocycles. The highest BCUT2D eigenvalue weighted by Crippen LogP contribution is 2.52. The summed E-state index contributed by atoms with van der Waals surface area (Å²) in [7, 11) is -9.34. The van der Waals surface area contributed by atoms with E-state index >= 15 is 0 Å². The molecule has 7 rings (SSSR count). The van der Waals surface area contributed by atoms with Gasteiger partial charge in [0, 0.05) is 134 Å². The van der Waals surface area contributed by atoms with Crippen molar-refractivity contribution >= 4 is 74.0 Å². The van der Waals surface area contributed by atoms with Gasteiger partial charge in [0.2, 0.25) is 17.7 Å². The number of ketones is 5. The van der Waals surface area contributed by atoms with Gasteiger partial charge in [-0.3, -0.25) is 57.0 Å². The number of aliphatic imine (C=N–C) groups is 1. The van der Waals surface area contributed by atoms with Gasteiger partial charge in [0.15, 0.2) is 18.9 Å². The number of unbranched alkanes of at least 4 members (excludes halogenated alkanes) is 8. The van der Waals surface area contributed by atoms with Gasteiger partial charge >= 0.3 is 15.4 Å². The first-order valence-electron chi connectivity index (χ1n) is 45.7. The van der Waals surface area contributed by atoms with Gasteiger partial charge in [-0.1, -0.05) is 47.5 Å². The minimum atomic E-state index is -5.14. The lowest BCUT2D eigenvalue weighted by atomic mass is 9.92. The van der Waals surface area contributed by atoms with Crippen LogP contribution in [0.15, 0.2) is 11.3 Å². The Hall–Kier alpha value is -5.03. The predicted molar refractivity (Wildman–Crippen MR) is 459 cm³/mol. The van der Waals surface area contributed by atoms with E-state index in [1.807, 2.05) is 0 Å². The van der Waals surface area contributed by atoms with Crippen LogP contribution in [-0.4, -0.2) is 350 Å². The Kier molecular flexibility index (Phi) is 49.1. The average molecular weight is 1880 g/mol. The summed E-state index contributed by atoms with van der Waals surface area (Å²) in [5, 5.41) is 107. The Balaban J connectivity index is 0.951. The highest BCUT2D eigenvalue weighted by molar-refractivity contribution is 7.53. The van der Waals surface area contributed by atoms with Crippen LogP contribution < -0.4 is 10.6 Å². The van der Waals surface area contributed by atoms with Gasteiger partial charge in [0.1, 0.15) is 102 Å². The smallest absolute Gasteiger partial charge is 0.394 e. The summed E-state index contributed by atoms with van der Waals surface area (Å²) in [4.78, 5) is 144. The average Bonchev–Trinajstić information content (AvgIpc) is 1.63. The second kappa shape index (κ2) is 57.1. The predicted octanol–water partition coefficient (Wildman–Crippen LogP) is 3.10. The summed E-state index contributed by atoms with van der Waals surface area (Å²) >= 11 is 0. The van der Waals surface area contributed by atoms with Crippen molar-refractivity contribution in [2.75, 3.05) is 106 Å². The van der Waals surface area contributed by atoms with Crippen LogP contribution in [0.3, 0.4) is 0 Å². The second-order valence-electron chi connectivity index (χ2n) is 35.1. The number of hydrogen-bond acceptors (Lipinski definition) is 36. The molecule has 738 valence electrons. The fraction of sp³-hybridized carbons (Fsp3) is 0.849. The van der Waals surface area contributed by atoms with Crippen LogP contribution in [0.4, 0.5) is 5.69 Å². The largest absolute Gasteiger partial charge is 0.472 e. The Bertz CT molecular complexity index is 3510. The molecule has 14 N–H and O–H groups in total. The van der Waals surface area contributed by atoms with Gasteiger partial charge in [0.25, 0.3) is 0 Å². The first-order valence-corrected chi connectivity index (χ1v) is 48.9. The van der Waals surface area contributed by atoms with Gasteiger partial charge in [-0.15, -0.1) is 0 Å². The lowest BCUT2D eigenvalue weighted by Gasteiger charge is -2.40. The fourth-order valence-corrected chi connectivity index (χ4v) is 17.6. The zero-order valence-electron chi connectivity index (χ0n) is 75.4. The normalized spacial score (nSPS) is 28.9. The van der Waals surface area contributed by atoms with E-state index in [9.17, 15) is 108 Å². The number of hydrogen-bond donors (Lipinski definition) is 14. The zero-order chi connectivity index (χ0) is 94.4. The van der Waals surface area contributed by atoms with Crippen LogP contribution in [0.1, 0.15) is 232 Å². The molecule has 9 unspecified atom stereocenters. The van der Waals surface area contributed by atoms with Crippen LogP contribution in [-0.2, 0) is 108 Å². The molecule has 6 aliphatic rings. The number of carbonyl (C=O) groups excluding carboxylic acids is 8. The number of nitrogens with one attached hydrogen (secondary N) is 2. The number of carbonyl (C=O) groups is 8. The number of aliphatic hydroxyl groups excluding tert-OH is 10. The second-order valence-corrected chi connectivity index (χ2v) is 38.9. The van der Waals surface area contributed by atoms with Crippen molar-refractivity contribution in [3.8, 4) is 0 Å². The topological polar surface area (TPSA) is 599 Å². The Labute approximate surface area is 754 Å². The molecule has 3 amide bonds. The van der Waals surface area contributed by atoms with Crippen molar-refractivity contribution in [1.82, 2.24) is 25.5 Å². The number of aliphatic hydroxyl groups is 10. The number of likely N-dealkylation sites (tertiary alicyclic amines) is 1. The first-order chi connectivity index (χ1) is 61.5. The Morgan fingerprint density at radius 1 is 0.512 bits per heavy atom. The van der Waals surface area contributed by atoms with Gasteiger partial charge in [-0.05, 0) is 90.4 Å². The summed E-state index contributed by atoms with van der Waals surface area (Å²) in [5.74, 6) is -4.72. The quantitative estimate of drug-likeness (QED) is 0.0253. The van der Waals surface area contributed by atoms with Crippen molar-refractivity contribution in [3.63, 3.8) is 0 Å². The molecule has 129 heavy (non-hydrogen) atoms. The number of β-amino-alcohol motifs (C(OH)–C–C–N with tert-alkyl or cyclic N) is 1. The molecule has 7 heterocycles. The molecule has 0 spiro atoms. The summed E-state index contributed by atoms with van der Waals surface area (Å²) in [6, 6.07) is -1.11. The van der Waals surface area contributed by atoms with E-state index in [2.05, 4.69) is 25.6 Å². The van der Waals surface area contributed by atoms with E-state index < -0.39 is 232 Å². The number of phosphoric ester groups is 1. The van der Waals surface area contributed by atoms with Crippen LogP contribution in [0, 0.1) is 24.7 Å². The molecule has 5 fully saturated rings. The number of phosphoric acid groups is 1. The lowest BCUT2D eigenvalue weighted by molar-refractivity contribution is -0.282. The molecule has 0 saturated carbocycles. The molecular formula is C86H144N6O35P2. The molecule has 0 aromatic carbocycles. The molecule has 0 bridgehead atoms. The van der Waals surface area contributed by atoms with E-state index in [1.165, 1.54) is 20.2 Å². The van der Waals surface area contributed by atoms with Crippen molar-refractivity contribution in [1.29, 1.82) is 0 Å². The Morgan fingerprint density at radius 3 is 1.38 bits per heavy atom. The minimum Gasteiger partial charge on any atom is -0.394 e.